The highest BCUT2D eigenvalue weighted by Gasteiger charge is 2.22. The molecule has 0 atom stereocenters. The molecule has 0 radical (unpaired) electrons. The summed E-state index contributed by atoms with van der Waals surface area (Å²) in [5, 5.41) is 8.54. The molecule has 0 saturated heterocycles. The summed E-state index contributed by atoms with van der Waals surface area (Å²) in [5.41, 5.74) is 0.810. The molecule has 0 aliphatic carbocycles. The molecule has 1 aromatic rings. The van der Waals surface area contributed by atoms with Crippen molar-refractivity contribution in [2.45, 2.75) is 11.8 Å². The molecular formula is C10H13NO4S. The maximum atomic E-state index is 11.9. The average Bonchev–Trinajstić information content (AvgIpc) is 2.16. The van der Waals surface area contributed by atoms with Crippen LogP contribution in [0, 0.1) is 6.92 Å². The predicted molar refractivity (Wildman–Crippen MR) is 58.6 cm³/mol. The number of carboxylic acids is 1. The number of benzene rings is 1. The van der Waals surface area contributed by atoms with E-state index in [9.17, 15) is 13.2 Å². The molecular weight excluding hydrogens is 230 g/mol. The maximum absolute atomic E-state index is 11.9. The number of sulfonamides is 1. The molecule has 0 heterocycles. The zero-order chi connectivity index (χ0) is 12.3. The fraction of sp³-hybridized carbons (Fsp3) is 0.300. The molecule has 0 aliphatic rings. The van der Waals surface area contributed by atoms with Crippen LogP contribution in [0.15, 0.2) is 29.2 Å². The highest BCUT2D eigenvalue weighted by Crippen LogP contribution is 2.15. The van der Waals surface area contributed by atoms with Crippen LogP contribution >= 0.6 is 0 Å². The summed E-state index contributed by atoms with van der Waals surface area (Å²) in [6.45, 7) is 1.23. The van der Waals surface area contributed by atoms with Crippen LogP contribution in [0.4, 0.5) is 0 Å². The second kappa shape index (κ2) is 4.63. The minimum atomic E-state index is -3.70. The highest BCUT2D eigenvalue weighted by atomic mass is 32.2. The molecule has 0 aliphatic heterocycles. The number of nitrogens with zero attached hydrogens (tertiary/aromatic N) is 1. The van der Waals surface area contributed by atoms with E-state index in [0.717, 1.165) is 9.87 Å². The molecule has 1 N–H and O–H groups in total. The molecule has 88 valence electrons. The van der Waals surface area contributed by atoms with Crippen molar-refractivity contribution in [1.29, 1.82) is 0 Å². The van der Waals surface area contributed by atoms with Crippen molar-refractivity contribution in [2.24, 2.45) is 0 Å². The molecule has 1 rings (SSSR count). The maximum Gasteiger partial charge on any atom is 0.318 e. The van der Waals surface area contributed by atoms with Crippen LogP contribution in [0.25, 0.3) is 0 Å². The van der Waals surface area contributed by atoms with Gasteiger partial charge in [-0.05, 0) is 24.6 Å². The number of rotatable bonds is 4. The Morgan fingerprint density at radius 3 is 2.56 bits per heavy atom. The second-order valence-electron chi connectivity index (χ2n) is 3.47. The van der Waals surface area contributed by atoms with Crippen LogP contribution in [0.3, 0.4) is 0 Å². The van der Waals surface area contributed by atoms with Crippen molar-refractivity contribution < 1.29 is 18.3 Å². The van der Waals surface area contributed by atoms with Gasteiger partial charge in [0.15, 0.2) is 0 Å². The largest absolute Gasteiger partial charge is 0.480 e. The average molecular weight is 243 g/mol. The molecule has 0 fully saturated rings. The van der Waals surface area contributed by atoms with Gasteiger partial charge < -0.3 is 5.11 Å². The van der Waals surface area contributed by atoms with E-state index in [1.54, 1.807) is 19.1 Å². The van der Waals surface area contributed by atoms with E-state index in [-0.39, 0.29) is 4.90 Å². The van der Waals surface area contributed by atoms with Gasteiger partial charge in [0.05, 0.1) is 4.90 Å². The van der Waals surface area contributed by atoms with E-state index >= 15 is 0 Å². The van der Waals surface area contributed by atoms with Gasteiger partial charge in [0.1, 0.15) is 6.54 Å². The lowest BCUT2D eigenvalue weighted by Crippen LogP contribution is -2.32. The van der Waals surface area contributed by atoms with Gasteiger partial charge in [0.2, 0.25) is 10.0 Å². The molecule has 0 amide bonds. The minimum absolute atomic E-state index is 0.108. The van der Waals surface area contributed by atoms with Crippen molar-refractivity contribution in [3.05, 3.63) is 29.8 Å². The number of hydrogen-bond donors (Lipinski definition) is 1. The van der Waals surface area contributed by atoms with Crippen molar-refractivity contribution in [1.82, 2.24) is 4.31 Å². The lowest BCUT2D eigenvalue weighted by Gasteiger charge is -2.14. The van der Waals surface area contributed by atoms with Crippen LogP contribution in [-0.2, 0) is 14.8 Å². The third kappa shape index (κ3) is 2.80. The Hall–Kier alpha value is -1.40. The van der Waals surface area contributed by atoms with Crippen molar-refractivity contribution >= 4 is 16.0 Å². The quantitative estimate of drug-likeness (QED) is 0.844. The number of aryl methyl sites for hydroxylation is 1. The predicted octanol–water partition coefficient (Wildman–Crippen LogP) is 0.700. The first-order valence-electron chi connectivity index (χ1n) is 4.59. The fourth-order valence-electron chi connectivity index (χ4n) is 1.23. The summed E-state index contributed by atoms with van der Waals surface area (Å²) in [4.78, 5) is 10.6. The summed E-state index contributed by atoms with van der Waals surface area (Å²) in [6, 6.07) is 6.35. The van der Waals surface area contributed by atoms with Crippen LogP contribution in [-0.4, -0.2) is 37.4 Å². The zero-order valence-electron chi connectivity index (χ0n) is 9.04. The molecule has 0 saturated carbocycles. The SMILES string of the molecule is Cc1cccc(S(=O)(=O)N(C)CC(=O)O)c1. The number of aliphatic carboxylic acids is 1. The third-order valence-electron chi connectivity index (χ3n) is 2.06. The molecule has 0 bridgehead atoms. The van der Waals surface area contributed by atoms with E-state index in [2.05, 4.69) is 0 Å². The number of carbonyl (C=O) groups is 1. The Kier molecular flexibility index (Phi) is 3.66. The van der Waals surface area contributed by atoms with E-state index in [0.29, 0.717) is 0 Å². The van der Waals surface area contributed by atoms with Gasteiger partial charge in [0, 0.05) is 7.05 Å². The van der Waals surface area contributed by atoms with E-state index in [4.69, 9.17) is 5.11 Å². The van der Waals surface area contributed by atoms with Gasteiger partial charge >= 0.3 is 5.97 Å². The molecule has 0 spiro atoms. The number of hydrogen-bond acceptors (Lipinski definition) is 3. The van der Waals surface area contributed by atoms with Crippen molar-refractivity contribution in [3.63, 3.8) is 0 Å². The smallest absolute Gasteiger partial charge is 0.318 e. The standard InChI is InChI=1S/C10H13NO4S/c1-8-4-3-5-9(6-8)16(14,15)11(2)7-10(12)13/h3-6H,7H2,1-2H3,(H,12,13). The molecule has 1 aromatic carbocycles. The molecule has 0 aromatic heterocycles. The van der Waals surface area contributed by atoms with Gasteiger partial charge in [-0.1, -0.05) is 12.1 Å². The Morgan fingerprint density at radius 2 is 2.06 bits per heavy atom. The summed E-state index contributed by atoms with van der Waals surface area (Å²) < 4.78 is 24.6. The van der Waals surface area contributed by atoms with Crippen LogP contribution in [0.2, 0.25) is 0 Å². The van der Waals surface area contributed by atoms with Gasteiger partial charge in [0.25, 0.3) is 0 Å². The third-order valence-corrected chi connectivity index (χ3v) is 3.86. The summed E-state index contributed by atoms with van der Waals surface area (Å²) in [6.07, 6.45) is 0. The van der Waals surface area contributed by atoms with Crippen LogP contribution in [0.1, 0.15) is 5.56 Å². The second-order valence-corrected chi connectivity index (χ2v) is 5.52. The van der Waals surface area contributed by atoms with Gasteiger partial charge in [-0.15, -0.1) is 0 Å². The number of carboxylic acid groups (broad SMARTS) is 1. The minimum Gasteiger partial charge on any atom is -0.480 e. The molecule has 5 nitrogen and oxygen atoms in total. The molecule has 0 unspecified atom stereocenters. The Morgan fingerprint density at radius 1 is 1.44 bits per heavy atom. The van der Waals surface area contributed by atoms with E-state index < -0.39 is 22.5 Å². The van der Waals surface area contributed by atoms with Gasteiger partial charge in [-0.25, -0.2) is 8.42 Å². The lowest BCUT2D eigenvalue weighted by molar-refractivity contribution is -0.137. The first-order chi connectivity index (χ1) is 7.34. The first kappa shape index (κ1) is 12.7. The zero-order valence-corrected chi connectivity index (χ0v) is 9.86. The molecule has 16 heavy (non-hydrogen) atoms. The summed E-state index contributed by atoms with van der Waals surface area (Å²) in [5.74, 6) is -1.18. The lowest BCUT2D eigenvalue weighted by atomic mass is 10.2. The highest BCUT2D eigenvalue weighted by molar-refractivity contribution is 7.89. The topological polar surface area (TPSA) is 74.7 Å². The summed E-state index contributed by atoms with van der Waals surface area (Å²) in [7, 11) is -2.46. The van der Waals surface area contributed by atoms with Gasteiger partial charge in [-0.2, -0.15) is 4.31 Å². The Balaban J connectivity index is 3.07. The van der Waals surface area contributed by atoms with Gasteiger partial charge in [-0.3, -0.25) is 4.79 Å². The fourth-order valence-corrected chi connectivity index (χ4v) is 2.46. The normalized spacial score (nSPS) is 11.7. The molecule has 6 heteroatoms. The summed E-state index contributed by atoms with van der Waals surface area (Å²) >= 11 is 0. The van der Waals surface area contributed by atoms with Crippen molar-refractivity contribution in [2.75, 3.05) is 13.6 Å². The van der Waals surface area contributed by atoms with E-state index in [1.165, 1.54) is 19.2 Å². The van der Waals surface area contributed by atoms with Crippen LogP contribution in [0.5, 0.6) is 0 Å². The van der Waals surface area contributed by atoms with Crippen LogP contribution < -0.4 is 0 Å². The Bertz CT molecular complexity index is 495. The number of likely N-dealkylation sites (N-methyl/N-ethyl adjacent to an activating group) is 1. The Labute approximate surface area is 94.4 Å². The monoisotopic (exact) mass is 243 g/mol. The first-order valence-corrected chi connectivity index (χ1v) is 6.03. The van der Waals surface area contributed by atoms with Crippen molar-refractivity contribution in [3.8, 4) is 0 Å². The van der Waals surface area contributed by atoms with E-state index in [1.807, 2.05) is 0 Å².